The van der Waals surface area contributed by atoms with E-state index in [1.807, 2.05) is 69.3 Å². The number of nitrogens with one attached hydrogen (secondary N) is 1. The molecule has 1 saturated heterocycles. The predicted molar refractivity (Wildman–Crippen MR) is 128 cm³/mol. The van der Waals surface area contributed by atoms with Gasteiger partial charge in [0.15, 0.2) is 5.17 Å². The first-order valence-corrected chi connectivity index (χ1v) is 11.3. The molecule has 2 amide bonds. The molecular formula is C25H25N3O3S. The van der Waals surface area contributed by atoms with Crippen LogP contribution in [0.1, 0.15) is 28.9 Å². The van der Waals surface area contributed by atoms with Crippen LogP contribution >= 0.6 is 11.8 Å². The third-order valence-corrected chi connectivity index (χ3v) is 6.43. The van der Waals surface area contributed by atoms with E-state index in [0.29, 0.717) is 10.9 Å². The summed E-state index contributed by atoms with van der Waals surface area (Å²) < 4.78 is 5.45. The van der Waals surface area contributed by atoms with Gasteiger partial charge in [0.1, 0.15) is 11.0 Å². The highest BCUT2D eigenvalue weighted by Gasteiger charge is 2.39. The Morgan fingerprint density at radius 3 is 2.53 bits per heavy atom. The molecule has 2 heterocycles. The fraction of sp³-hybridized carbons (Fsp3) is 0.240. The topological polar surface area (TPSA) is 74.9 Å². The molecule has 164 valence electrons. The summed E-state index contributed by atoms with van der Waals surface area (Å²) >= 11 is 1.32. The Labute approximate surface area is 191 Å². The number of anilines is 1. The fourth-order valence-electron chi connectivity index (χ4n) is 3.61. The maximum absolute atomic E-state index is 13.2. The third-order valence-electron chi connectivity index (χ3n) is 5.26. The molecule has 0 saturated carbocycles. The number of aliphatic imine (C=N–C) groups is 1. The lowest BCUT2D eigenvalue weighted by Gasteiger charge is -2.15. The molecule has 1 unspecified atom stereocenters. The standard InChI is InChI=1S/C25H25N3O3S/c1-16-7-4-10-19(13-16)26-25-28(15-20-11-6-12-31-20)24(30)21(32-25)14-22(29)27-23-17(2)8-5-9-18(23)3/h4-13,21H,14-15H2,1-3H3,(H,27,29). The molecule has 0 radical (unpaired) electrons. The Morgan fingerprint density at radius 2 is 1.84 bits per heavy atom. The molecular weight excluding hydrogens is 422 g/mol. The van der Waals surface area contributed by atoms with Crippen LogP contribution < -0.4 is 5.32 Å². The van der Waals surface area contributed by atoms with E-state index in [4.69, 9.17) is 9.41 Å². The van der Waals surface area contributed by atoms with E-state index < -0.39 is 5.25 Å². The van der Waals surface area contributed by atoms with Gasteiger partial charge in [-0.05, 0) is 61.7 Å². The number of carbonyl (C=O) groups excluding carboxylic acids is 2. The molecule has 1 atom stereocenters. The number of hydrogen-bond donors (Lipinski definition) is 1. The van der Waals surface area contributed by atoms with Crippen LogP contribution in [0.3, 0.4) is 0 Å². The minimum absolute atomic E-state index is 0.0682. The highest BCUT2D eigenvalue weighted by Crippen LogP contribution is 2.33. The molecule has 1 N–H and O–H groups in total. The summed E-state index contributed by atoms with van der Waals surface area (Å²) in [6.07, 6.45) is 1.65. The molecule has 1 aromatic heterocycles. The van der Waals surface area contributed by atoms with E-state index >= 15 is 0 Å². The fourth-order valence-corrected chi connectivity index (χ4v) is 4.76. The van der Waals surface area contributed by atoms with Gasteiger partial charge in [-0.15, -0.1) is 0 Å². The highest BCUT2D eigenvalue weighted by atomic mass is 32.2. The molecule has 1 aliphatic rings. The molecule has 32 heavy (non-hydrogen) atoms. The lowest BCUT2D eigenvalue weighted by atomic mass is 10.1. The molecule has 1 fully saturated rings. The summed E-state index contributed by atoms with van der Waals surface area (Å²) in [4.78, 5) is 32.3. The van der Waals surface area contributed by atoms with Crippen molar-refractivity contribution in [3.63, 3.8) is 0 Å². The van der Waals surface area contributed by atoms with E-state index in [9.17, 15) is 9.59 Å². The molecule has 0 spiro atoms. The van der Waals surface area contributed by atoms with Crippen LogP contribution in [0.5, 0.6) is 0 Å². The maximum atomic E-state index is 13.2. The summed E-state index contributed by atoms with van der Waals surface area (Å²) in [7, 11) is 0. The third kappa shape index (κ3) is 4.94. The second-order valence-corrected chi connectivity index (χ2v) is 9.03. The van der Waals surface area contributed by atoms with Crippen molar-refractivity contribution in [2.24, 2.45) is 4.99 Å². The molecule has 7 heteroatoms. The van der Waals surface area contributed by atoms with Crippen LogP contribution in [0.2, 0.25) is 0 Å². The van der Waals surface area contributed by atoms with Crippen LogP contribution in [0, 0.1) is 20.8 Å². The quantitative estimate of drug-likeness (QED) is 0.552. The van der Waals surface area contributed by atoms with Crippen molar-refractivity contribution < 1.29 is 14.0 Å². The first-order chi connectivity index (χ1) is 15.4. The molecule has 1 aliphatic heterocycles. The Kier molecular flexibility index (Phi) is 6.46. The summed E-state index contributed by atoms with van der Waals surface area (Å²) in [6, 6.07) is 17.3. The van der Waals surface area contributed by atoms with Gasteiger partial charge in [-0.25, -0.2) is 4.99 Å². The number of aryl methyl sites for hydroxylation is 3. The van der Waals surface area contributed by atoms with Crippen molar-refractivity contribution in [1.82, 2.24) is 4.90 Å². The van der Waals surface area contributed by atoms with Gasteiger partial charge in [0.05, 0.1) is 18.5 Å². The number of para-hydroxylation sites is 1. The van der Waals surface area contributed by atoms with E-state index in [2.05, 4.69) is 5.32 Å². The van der Waals surface area contributed by atoms with Gasteiger partial charge in [-0.1, -0.05) is 42.1 Å². The first-order valence-electron chi connectivity index (χ1n) is 10.4. The smallest absolute Gasteiger partial charge is 0.243 e. The van der Waals surface area contributed by atoms with Crippen LogP contribution in [0.25, 0.3) is 0 Å². The van der Waals surface area contributed by atoms with Crippen molar-refractivity contribution in [3.8, 4) is 0 Å². The number of amidine groups is 1. The van der Waals surface area contributed by atoms with Crippen LogP contribution in [-0.2, 0) is 16.1 Å². The minimum atomic E-state index is -0.544. The normalized spacial score (nSPS) is 17.2. The van der Waals surface area contributed by atoms with Gasteiger partial charge in [0.25, 0.3) is 0 Å². The Hall–Kier alpha value is -3.32. The van der Waals surface area contributed by atoms with Crippen molar-refractivity contribution >= 4 is 40.1 Å². The van der Waals surface area contributed by atoms with Crippen LogP contribution in [0.15, 0.2) is 70.3 Å². The van der Waals surface area contributed by atoms with Gasteiger partial charge in [-0.3, -0.25) is 14.5 Å². The number of nitrogens with zero attached hydrogens (tertiary/aromatic N) is 2. The Morgan fingerprint density at radius 1 is 1.09 bits per heavy atom. The van der Waals surface area contributed by atoms with Gasteiger partial charge in [-0.2, -0.15) is 0 Å². The summed E-state index contributed by atoms with van der Waals surface area (Å²) in [5.74, 6) is 0.328. The Bertz CT molecular complexity index is 1150. The van der Waals surface area contributed by atoms with Crippen LogP contribution in [-0.4, -0.2) is 27.1 Å². The SMILES string of the molecule is Cc1cccc(N=C2SC(CC(=O)Nc3c(C)cccc3C)C(=O)N2Cc2ccco2)c1. The zero-order valence-corrected chi connectivity index (χ0v) is 19.1. The van der Waals surface area contributed by atoms with Crippen molar-refractivity contribution in [1.29, 1.82) is 0 Å². The van der Waals surface area contributed by atoms with E-state index in [-0.39, 0.29) is 24.8 Å². The van der Waals surface area contributed by atoms with Gasteiger partial charge in [0.2, 0.25) is 11.8 Å². The molecule has 2 aromatic carbocycles. The summed E-state index contributed by atoms with van der Waals surface area (Å²) in [6.45, 7) is 6.18. The molecule has 0 bridgehead atoms. The molecule has 3 aromatic rings. The van der Waals surface area contributed by atoms with Gasteiger partial charge < -0.3 is 9.73 Å². The highest BCUT2D eigenvalue weighted by molar-refractivity contribution is 8.15. The molecule has 6 nitrogen and oxygen atoms in total. The summed E-state index contributed by atoms with van der Waals surface area (Å²) in [5, 5.41) is 3.00. The van der Waals surface area contributed by atoms with E-state index in [0.717, 1.165) is 28.1 Å². The Balaban J connectivity index is 1.55. The van der Waals surface area contributed by atoms with E-state index in [1.165, 1.54) is 11.8 Å². The zero-order chi connectivity index (χ0) is 22.7. The second kappa shape index (κ2) is 9.44. The summed E-state index contributed by atoms with van der Waals surface area (Å²) in [5.41, 5.74) is 4.64. The second-order valence-electron chi connectivity index (χ2n) is 7.86. The largest absolute Gasteiger partial charge is 0.467 e. The number of benzene rings is 2. The number of carbonyl (C=O) groups is 2. The average Bonchev–Trinajstić information content (AvgIpc) is 3.35. The lowest BCUT2D eigenvalue weighted by molar-refractivity contribution is -0.128. The first kappa shape index (κ1) is 21.9. The maximum Gasteiger partial charge on any atom is 0.243 e. The van der Waals surface area contributed by atoms with Crippen molar-refractivity contribution in [2.45, 2.75) is 39.0 Å². The minimum Gasteiger partial charge on any atom is -0.467 e. The van der Waals surface area contributed by atoms with E-state index in [1.54, 1.807) is 17.2 Å². The molecule has 4 rings (SSSR count). The zero-order valence-electron chi connectivity index (χ0n) is 18.3. The number of amides is 2. The van der Waals surface area contributed by atoms with Gasteiger partial charge in [0, 0.05) is 12.1 Å². The lowest BCUT2D eigenvalue weighted by Crippen LogP contribution is -2.33. The number of rotatable bonds is 6. The monoisotopic (exact) mass is 447 g/mol. The molecule has 0 aliphatic carbocycles. The van der Waals surface area contributed by atoms with Crippen LogP contribution in [0.4, 0.5) is 11.4 Å². The average molecular weight is 448 g/mol. The predicted octanol–water partition coefficient (Wildman–Crippen LogP) is 5.37. The number of hydrogen-bond acceptors (Lipinski definition) is 5. The van der Waals surface area contributed by atoms with Gasteiger partial charge >= 0.3 is 0 Å². The number of thioether (sulfide) groups is 1. The number of furan rings is 1. The van der Waals surface area contributed by atoms with Crippen molar-refractivity contribution in [2.75, 3.05) is 5.32 Å². The van der Waals surface area contributed by atoms with Crippen molar-refractivity contribution in [3.05, 3.63) is 83.3 Å².